The second-order valence-electron chi connectivity index (χ2n) is 5.70. The molecule has 2 rings (SSSR count). The van der Waals surface area contributed by atoms with Gasteiger partial charge in [0.25, 0.3) is 0 Å². The third kappa shape index (κ3) is 3.16. The van der Waals surface area contributed by atoms with E-state index in [0.717, 1.165) is 11.8 Å². The predicted octanol–water partition coefficient (Wildman–Crippen LogP) is 3.15. The van der Waals surface area contributed by atoms with Crippen LogP contribution in [-0.2, 0) is 6.42 Å². The Labute approximate surface area is 110 Å². The summed E-state index contributed by atoms with van der Waals surface area (Å²) in [6, 6.07) is 2.30. The Morgan fingerprint density at radius 1 is 1.44 bits per heavy atom. The maximum Gasteiger partial charge on any atom is 0.0452 e. The third-order valence-electron chi connectivity index (χ3n) is 4.09. The maximum absolute atomic E-state index is 3.78. The first-order valence-corrected chi connectivity index (χ1v) is 7.20. The van der Waals surface area contributed by atoms with Crippen molar-refractivity contribution in [3.05, 3.63) is 35.0 Å². The minimum Gasteiger partial charge on any atom is -0.358 e. The van der Waals surface area contributed by atoms with E-state index in [0.29, 0.717) is 0 Å². The number of nitrogens with one attached hydrogen (secondary N) is 1. The Morgan fingerprint density at radius 2 is 2.28 bits per heavy atom. The lowest BCUT2D eigenvalue weighted by Gasteiger charge is -2.26. The Hall–Kier alpha value is -1.24. The van der Waals surface area contributed by atoms with Gasteiger partial charge in [0.2, 0.25) is 0 Å². The number of hydrogen-bond acceptors (Lipinski definition) is 0. The van der Waals surface area contributed by atoms with E-state index in [9.17, 15) is 0 Å². The molecule has 1 nitrogen and oxygen atoms in total. The molecule has 1 fully saturated rings. The fraction of sp³-hybridized carbons (Fsp3) is 0.529. The third-order valence-corrected chi connectivity index (χ3v) is 4.09. The Balaban J connectivity index is 2.15. The van der Waals surface area contributed by atoms with Gasteiger partial charge in [0.15, 0.2) is 0 Å². The molecule has 2 unspecified atom stereocenters. The van der Waals surface area contributed by atoms with Crippen LogP contribution in [0.15, 0.2) is 18.7 Å². The van der Waals surface area contributed by atoms with Gasteiger partial charge in [0, 0.05) is 11.0 Å². The summed E-state index contributed by atoms with van der Waals surface area (Å²) in [6.45, 7) is 8.26. The van der Waals surface area contributed by atoms with Gasteiger partial charge in [-0.25, -0.2) is 0 Å². The number of hydrogen-bond donors (Lipinski definition) is 1. The molecule has 1 heterocycles. The molecule has 1 aliphatic carbocycles. The maximum atomic E-state index is 3.78. The number of aromatic amines is 1. The molecule has 1 aromatic rings. The van der Waals surface area contributed by atoms with Crippen molar-refractivity contribution < 1.29 is 0 Å². The summed E-state index contributed by atoms with van der Waals surface area (Å²) in [6.07, 6.45) is 12.9. The second kappa shape index (κ2) is 6.08. The summed E-state index contributed by atoms with van der Waals surface area (Å²) in [5.41, 5.74) is 1.38. The van der Waals surface area contributed by atoms with Crippen LogP contribution in [0.2, 0.25) is 0 Å². The normalized spacial score (nSPS) is 26.6. The van der Waals surface area contributed by atoms with Crippen LogP contribution in [-0.4, -0.2) is 4.98 Å². The Bertz CT molecular complexity index is 506. The molecule has 0 amide bonds. The molecule has 0 bridgehead atoms. The Kier molecular flexibility index (Phi) is 4.46. The summed E-state index contributed by atoms with van der Waals surface area (Å²) in [7, 11) is 0. The summed E-state index contributed by atoms with van der Waals surface area (Å²) in [5.74, 6) is 1.78. The van der Waals surface area contributed by atoms with Crippen LogP contribution in [0.3, 0.4) is 0 Å². The SMILES string of the molecule is C=C/C=c1/[nH]c(CC2CCCC(C)C2)c/c1=C/C. The number of rotatable bonds is 3. The van der Waals surface area contributed by atoms with Crippen molar-refractivity contribution in [2.24, 2.45) is 11.8 Å². The molecule has 0 radical (unpaired) electrons. The van der Waals surface area contributed by atoms with Gasteiger partial charge in [-0.05, 0) is 49.0 Å². The van der Waals surface area contributed by atoms with Crippen molar-refractivity contribution in [2.45, 2.75) is 46.0 Å². The van der Waals surface area contributed by atoms with Crippen molar-refractivity contribution in [1.82, 2.24) is 4.98 Å². The van der Waals surface area contributed by atoms with Gasteiger partial charge in [-0.3, -0.25) is 0 Å². The molecule has 2 atom stereocenters. The first kappa shape index (κ1) is 13.2. The zero-order chi connectivity index (χ0) is 13.0. The van der Waals surface area contributed by atoms with Crippen molar-refractivity contribution >= 4 is 12.2 Å². The topological polar surface area (TPSA) is 15.8 Å². The van der Waals surface area contributed by atoms with Crippen LogP contribution >= 0.6 is 0 Å². The number of allylic oxidation sites excluding steroid dienone is 1. The molecule has 1 N–H and O–H groups in total. The van der Waals surface area contributed by atoms with Gasteiger partial charge in [-0.1, -0.05) is 44.9 Å². The highest BCUT2D eigenvalue weighted by Gasteiger charge is 2.19. The van der Waals surface area contributed by atoms with Gasteiger partial charge < -0.3 is 4.98 Å². The smallest absolute Gasteiger partial charge is 0.0452 e. The van der Waals surface area contributed by atoms with E-state index in [1.54, 1.807) is 0 Å². The van der Waals surface area contributed by atoms with E-state index in [2.05, 4.69) is 43.6 Å². The molecule has 1 aromatic heterocycles. The highest BCUT2D eigenvalue weighted by Crippen LogP contribution is 2.30. The van der Waals surface area contributed by atoms with E-state index in [1.807, 2.05) is 6.08 Å². The molecule has 1 aliphatic rings. The highest BCUT2D eigenvalue weighted by molar-refractivity contribution is 5.36. The van der Waals surface area contributed by atoms with E-state index in [-0.39, 0.29) is 0 Å². The minimum absolute atomic E-state index is 0.869. The molecule has 0 saturated heterocycles. The number of aromatic nitrogens is 1. The van der Waals surface area contributed by atoms with Gasteiger partial charge in [-0.2, -0.15) is 0 Å². The summed E-state index contributed by atoms with van der Waals surface area (Å²) in [5, 5.41) is 2.50. The quantitative estimate of drug-likeness (QED) is 0.839. The van der Waals surface area contributed by atoms with Crippen molar-refractivity contribution in [2.75, 3.05) is 0 Å². The zero-order valence-electron chi connectivity index (χ0n) is 11.7. The highest BCUT2D eigenvalue weighted by atomic mass is 14.7. The van der Waals surface area contributed by atoms with Crippen LogP contribution in [0.1, 0.15) is 45.2 Å². The van der Waals surface area contributed by atoms with Gasteiger partial charge in [0.1, 0.15) is 0 Å². The lowest BCUT2D eigenvalue weighted by molar-refractivity contribution is 0.280. The van der Waals surface area contributed by atoms with Gasteiger partial charge in [0.05, 0.1) is 0 Å². The van der Waals surface area contributed by atoms with E-state index >= 15 is 0 Å². The fourth-order valence-corrected chi connectivity index (χ4v) is 3.21. The van der Waals surface area contributed by atoms with Gasteiger partial charge >= 0.3 is 0 Å². The van der Waals surface area contributed by atoms with E-state index in [4.69, 9.17) is 0 Å². The molecular weight excluding hydrogens is 218 g/mol. The largest absolute Gasteiger partial charge is 0.358 e. The van der Waals surface area contributed by atoms with Crippen molar-refractivity contribution in [1.29, 1.82) is 0 Å². The van der Waals surface area contributed by atoms with Gasteiger partial charge in [-0.15, -0.1) is 0 Å². The predicted molar refractivity (Wildman–Crippen MR) is 79.7 cm³/mol. The molecule has 1 saturated carbocycles. The van der Waals surface area contributed by atoms with Crippen LogP contribution in [0.25, 0.3) is 12.2 Å². The lowest BCUT2D eigenvalue weighted by atomic mass is 9.80. The monoisotopic (exact) mass is 243 g/mol. The fourth-order valence-electron chi connectivity index (χ4n) is 3.21. The van der Waals surface area contributed by atoms with Crippen LogP contribution in [0.4, 0.5) is 0 Å². The molecule has 18 heavy (non-hydrogen) atoms. The number of H-pyrrole nitrogens is 1. The molecular formula is C17H25N. The average Bonchev–Trinajstić information content (AvgIpc) is 2.72. The first-order chi connectivity index (χ1) is 8.72. The standard InChI is InChI=1S/C17H25N/c1-4-7-17-15(5-2)12-16(18-17)11-14-9-6-8-13(3)10-14/h4-5,7,12-14,18H,1,6,8-11H2,2-3H3/b15-5-,17-7+. The van der Waals surface area contributed by atoms with Crippen molar-refractivity contribution in [3.8, 4) is 0 Å². The lowest BCUT2D eigenvalue weighted by Crippen LogP contribution is -2.21. The molecule has 1 heteroatoms. The van der Waals surface area contributed by atoms with E-state index < -0.39 is 0 Å². The van der Waals surface area contributed by atoms with Crippen LogP contribution in [0, 0.1) is 11.8 Å². The summed E-state index contributed by atoms with van der Waals surface area (Å²) in [4.78, 5) is 3.54. The van der Waals surface area contributed by atoms with Crippen molar-refractivity contribution in [3.63, 3.8) is 0 Å². The molecule has 0 spiro atoms. The Morgan fingerprint density at radius 3 is 2.94 bits per heavy atom. The average molecular weight is 243 g/mol. The molecule has 0 aromatic carbocycles. The van der Waals surface area contributed by atoms with Crippen LogP contribution < -0.4 is 10.6 Å². The molecule has 0 aliphatic heterocycles. The summed E-state index contributed by atoms with van der Waals surface area (Å²) >= 11 is 0. The first-order valence-electron chi connectivity index (χ1n) is 7.20. The van der Waals surface area contributed by atoms with E-state index in [1.165, 1.54) is 48.4 Å². The van der Waals surface area contributed by atoms with Crippen LogP contribution in [0.5, 0.6) is 0 Å². The molecule has 98 valence electrons. The second-order valence-corrected chi connectivity index (χ2v) is 5.70. The zero-order valence-corrected chi connectivity index (χ0v) is 11.7. The minimum atomic E-state index is 0.869. The summed E-state index contributed by atoms with van der Waals surface area (Å²) < 4.78 is 0.